The number of aromatic nitrogens is 1. The van der Waals surface area contributed by atoms with E-state index in [0.29, 0.717) is 19.1 Å². The van der Waals surface area contributed by atoms with Gasteiger partial charge in [0.25, 0.3) is 0 Å². The summed E-state index contributed by atoms with van der Waals surface area (Å²) in [5, 5.41) is 6.47. The van der Waals surface area contributed by atoms with Gasteiger partial charge < -0.3 is 20.1 Å². The van der Waals surface area contributed by atoms with Crippen molar-refractivity contribution in [1.82, 2.24) is 15.6 Å². The van der Waals surface area contributed by atoms with Crippen molar-refractivity contribution in [2.45, 2.75) is 18.6 Å². The Labute approximate surface area is 160 Å². The summed E-state index contributed by atoms with van der Waals surface area (Å²) in [5.41, 5.74) is 0.265. The fourth-order valence-corrected chi connectivity index (χ4v) is 2.81. The van der Waals surface area contributed by atoms with Gasteiger partial charge in [0.2, 0.25) is 5.88 Å². The van der Waals surface area contributed by atoms with Crippen molar-refractivity contribution >= 4 is 5.96 Å². The molecule has 1 unspecified atom stereocenters. The minimum atomic E-state index is -4.41. The average Bonchev–Trinajstić information content (AvgIpc) is 2.70. The van der Waals surface area contributed by atoms with Crippen LogP contribution >= 0.6 is 0 Å². The first-order valence-corrected chi connectivity index (χ1v) is 8.82. The molecule has 1 aliphatic rings. The molecule has 1 aromatic carbocycles. The van der Waals surface area contributed by atoms with Crippen LogP contribution in [0.5, 0.6) is 11.6 Å². The normalized spacial score (nSPS) is 16.7. The van der Waals surface area contributed by atoms with Crippen molar-refractivity contribution in [3.8, 4) is 11.6 Å². The topological polar surface area (TPSA) is 67.8 Å². The Morgan fingerprint density at radius 3 is 2.82 bits per heavy atom. The average molecular weight is 394 g/mol. The summed E-state index contributed by atoms with van der Waals surface area (Å²) >= 11 is 0. The van der Waals surface area contributed by atoms with E-state index >= 15 is 0 Å². The first-order valence-electron chi connectivity index (χ1n) is 8.82. The summed E-state index contributed by atoms with van der Waals surface area (Å²) in [4.78, 5) is 7.87. The number of fused-ring (bicyclic) bond motifs is 1. The number of nitrogens with zero attached hydrogens (tertiary/aromatic N) is 2. The zero-order valence-electron chi connectivity index (χ0n) is 15.3. The second-order valence-corrected chi connectivity index (χ2v) is 6.10. The van der Waals surface area contributed by atoms with Gasteiger partial charge in [0.05, 0.1) is 24.8 Å². The van der Waals surface area contributed by atoms with Crippen molar-refractivity contribution in [3.63, 3.8) is 0 Å². The quantitative estimate of drug-likeness (QED) is 0.463. The van der Waals surface area contributed by atoms with Crippen LogP contribution in [0.2, 0.25) is 0 Å². The molecule has 1 aliphatic heterocycles. The number of aliphatic imine (C=N–C) groups is 1. The monoisotopic (exact) mass is 394 g/mol. The standard InChI is InChI=1S/C19H21F3N4O2/c1-23-18(26-15-8-10-27-16-5-3-2-4-14(15)16)24-9-11-28-17-7-6-13(12-25-17)19(20,21)22/h2-7,12,15H,8-11H2,1H3,(H2,23,24,26). The number of alkyl halides is 3. The fourth-order valence-electron chi connectivity index (χ4n) is 2.81. The van der Waals surface area contributed by atoms with Gasteiger partial charge in [0, 0.05) is 31.3 Å². The van der Waals surface area contributed by atoms with E-state index < -0.39 is 11.7 Å². The van der Waals surface area contributed by atoms with Crippen LogP contribution in [-0.2, 0) is 6.18 Å². The number of ether oxygens (including phenoxy) is 2. The first-order chi connectivity index (χ1) is 13.5. The third kappa shape index (κ3) is 5.05. The smallest absolute Gasteiger partial charge is 0.417 e. The summed E-state index contributed by atoms with van der Waals surface area (Å²) in [6, 6.07) is 10.1. The maximum Gasteiger partial charge on any atom is 0.417 e. The lowest BCUT2D eigenvalue weighted by Crippen LogP contribution is -2.42. The van der Waals surface area contributed by atoms with Crippen LogP contribution in [0.1, 0.15) is 23.6 Å². The highest BCUT2D eigenvalue weighted by Crippen LogP contribution is 2.31. The molecule has 3 rings (SSSR count). The van der Waals surface area contributed by atoms with Crippen LogP contribution in [0.3, 0.4) is 0 Å². The molecule has 2 heterocycles. The predicted octanol–water partition coefficient (Wildman–Crippen LogP) is 3.17. The minimum absolute atomic E-state index is 0.0775. The van der Waals surface area contributed by atoms with Crippen LogP contribution in [0, 0.1) is 0 Å². The number of benzene rings is 1. The van der Waals surface area contributed by atoms with Gasteiger partial charge in [-0.05, 0) is 12.1 Å². The molecule has 0 radical (unpaired) electrons. The SMILES string of the molecule is CN=C(NCCOc1ccc(C(F)(F)F)cn1)NC1CCOc2ccccc21. The number of hydrogen-bond donors (Lipinski definition) is 2. The number of pyridine rings is 1. The Hall–Kier alpha value is -2.97. The summed E-state index contributed by atoms with van der Waals surface area (Å²) in [5.74, 6) is 1.60. The lowest BCUT2D eigenvalue weighted by molar-refractivity contribution is -0.137. The highest BCUT2D eigenvalue weighted by atomic mass is 19.4. The molecular formula is C19H21F3N4O2. The number of hydrogen-bond acceptors (Lipinski definition) is 4. The molecule has 0 spiro atoms. The third-order valence-electron chi connectivity index (χ3n) is 4.20. The molecule has 0 amide bonds. The molecule has 150 valence electrons. The molecule has 28 heavy (non-hydrogen) atoms. The van der Waals surface area contributed by atoms with Crippen LogP contribution in [-0.4, -0.2) is 37.7 Å². The van der Waals surface area contributed by atoms with Gasteiger partial charge in [-0.2, -0.15) is 13.2 Å². The van der Waals surface area contributed by atoms with Crippen LogP contribution in [0.4, 0.5) is 13.2 Å². The summed E-state index contributed by atoms with van der Waals surface area (Å²) in [6.45, 7) is 1.26. The van der Waals surface area contributed by atoms with Crippen LogP contribution in [0.15, 0.2) is 47.6 Å². The van der Waals surface area contributed by atoms with Gasteiger partial charge >= 0.3 is 6.18 Å². The third-order valence-corrected chi connectivity index (χ3v) is 4.20. The van der Waals surface area contributed by atoms with Gasteiger partial charge in [0.1, 0.15) is 12.4 Å². The minimum Gasteiger partial charge on any atom is -0.493 e. The van der Waals surface area contributed by atoms with Gasteiger partial charge in [0.15, 0.2) is 5.96 Å². The van der Waals surface area contributed by atoms with Gasteiger partial charge in [-0.25, -0.2) is 4.98 Å². The summed E-state index contributed by atoms with van der Waals surface area (Å²) in [6.07, 6.45) is -2.84. The van der Waals surface area contributed by atoms with Crippen molar-refractivity contribution in [1.29, 1.82) is 0 Å². The second-order valence-electron chi connectivity index (χ2n) is 6.10. The van der Waals surface area contributed by atoms with E-state index in [-0.39, 0.29) is 18.5 Å². The van der Waals surface area contributed by atoms with Gasteiger partial charge in [-0.15, -0.1) is 0 Å². The maximum atomic E-state index is 12.5. The largest absolute Gasteiger partial charge is 0.493 e. The van der Waals surface area contributed by atoms with Crippen LogP contribution in [0.25, 0.3) is 0 Å². The second kappa shape index (κ2) is 8.81. The zero-order chi connectivity index (χ0) is 20.0. The Bertz CT molecular complexity index is 810. The Morgan fingerprint density at radius 2 is 2.11 bits per heavy atom. The molecule has 0 bridgehead atoms. The van der Waals surface area contributed by atoms with E-state index in [9.17, 15) is 13.2 Å². The number of nitrogens with one attached hydrogen (secondary N) is 2. The van der Waals surface area contributed by atoms with E-state index in [1.807, 2.05) is 24.3 Å². The van der Waals surface area contributed by atoms with E-state index in [2.05, 4.69) is 20.6 Å². The molecule has 1 aromatic heterocycles. The predicted molar refractivity (Wildman–Crippen MR) is 98.5 cm³/mol. The summed E-state index contributed by atoms with van der Waals surface area (Å²) in [7, 11) is 1.67. The molecule has 2 N–H and O–H groups in total. The maximum absolute atomic E-state index is 12.5. The van der Waals surface area contributed by atoms with Crippen molar-refractivity contribution < 1.29 is 22.6 Å². The lowest BCUT2D eigenvalue weighted by Gasteiger charge is -2.28. The van der Waals surface area contributed by atoms with Gasteiger partial charge in [-0.3, -0.25) is 4.99 Å². The molecular weight excluding hydrogens is 373 g/mol. The molecule has 2 aromatic rings. The number of guanidine groups is 1. The zero-order valence-corrected chi connectivity index (χ0v) is 15.3. The molecule has 0 fully saturated rings. The van der Waals surface area contributed by atoms with Crippen molar-refractivity contribution in [2.24, 2.45) is 4.99 Å². The first kappa shape index (κ1) is 19.8. The molecule has 9 heteroatoms. The van der Waals surface area contributed by atoms with Crippen molar-refractivity contribution in [3.05, 3.63) is 53.7 Å². The molecule has 6 nitrogen and oxygen atoms in total. The van der Waals surface area contributed by atoms with Crippen LogP contribution < -0.4 is 20.1 Å². The molecule has 0 aliphatic carbocycles. The Morgan fingerprint density at radius 1 is 1.29 bits per heavy atom. The lowest BCUT2D eigenvalue weighted by atomic mass is 10.0. The van der Waals surface area contributed by atoms with E-state index in [1.165, 1.54) is 6.07 Å². The summed E-state index contributed by atoms with van der Waals surface area (Å²) < 4.78 is 48.6. The molecule has 1 atom stereocenters. The highest BCUT2D eigenvalue weighted by Gasteiger charge is 2.30. The number of halogens is 3. The number of rotatable bonds is 5. The fraction of sp³-hybridized carbons (Fsp3) is 0.368. The number of para-hydroxylation sites is 1. The molecule has 0 saturated heterocycles. The highest BCUT2D eigenvalue weighted by molar-refractivity contribution is 5.80. The Kier molecular flexibility index (Phi) is 6.23. The van der Waals surface area contributed by atoms with E-state index in [0.717, 1.165) is 30.0 Å². The van der Waals surface area contributed by atoms with Crippen molar-refractivity contribution in [2.75, 3.05) is 26.8 Å². The Balaban J connectivity index is 1.46. The van der Waals surface area contributed by atoms with E-state index in [4.69, 9.17) is 9.47 Å². The van der Waals surface area contributed by atoms with Gasteiger partial charge in [-0.1, -0.05) is 18.2 Å². The molecule has 0 saturated carbocycles. The van der Waals surface area contributed by atoms with E-state index in [1.54, 1.807) is 7.05 Å².